The van der Waals surface area contributed by atoms with Gasteiger partial charge in [-0.15, -0.1) is 0 Å². The summed E-state index contributed by atoms with van der Waals surface area (Å²) in [6.07, 6.45) is 0.586. The third kappa shape index (κ3) is 8.07. The molecule has 0 heterocycles. The molecule has 0 aliphatic rings. The minimum absolute atomic E-state index is 0.0853. The summed E-state index contributed by atoms with van der Waals surface area (Å²) < 4.78 is 37.0. The topological polar surface area (TPSA) is 78.9 Å². The Kier molecular flexibility index (Phi) is 9.82. The zero-order chi connectivity index (χ0) is 17.2. The van der Waals surface area contributed by atoms with E-state index in [1.165, 1.54) is 0 Å². The summed E-state index contributed by atoms with van der Waals surface area (Å²) in [6, 6.07) is 0. The van der Waals surface area contributed by atoms with Gasteiger partial charge in [-0.25, -0.2) is 4.18 Å². The molecule has 0 spiro atoms. The highest BCUT2D eigenvalue weighted by Gasteiger charge is 2.24. The minimum Gasteiger partial charge on any atom is -0.459 e. The van der Waals surface area contributed by atoms with Crippen LogP contribution in [0.1, 0.15) is 34.1 Å². The van der Waals surface area contributed by atoms with E-state index < -0.39 is 10.4 Å². The van der Waals surface area contributed by atoms with E-state index in [4.69, 9.17) is 8.92 Å². The van der Waals surface area contributed by atoms with Gasteiger partial charge in [-0.05, 0) is 13.8 Å². The summed E-state index contributed by atoms with van der Waals surface area (Å²) in [4.78, 5) is 11.5. The van der Waals surface area contributed by atoms with E-state index in [1.54, 1.807) is 13.8 Å². The largest absolute Gasteiger partial charge is 0.459 e. The molecule has 0 rings (SSSR count). The molecule has 0 atom stereocenters. The number of likely N-dealkylation sites (N-methyl/N-ethyl adjacent to an activating group) is 1. The molecule has 0 amide bonds. The van der Waals surface area contributed by atoms with Crippen LogP contribution in [-0.2, 0) is 28.3 Å². The summed E-state index contributed by atoms with van der Waals surface area (Å²) in [7, 11) is -2.80. The molecule has 7 nitrogen and oxygen atoms in total. The normalized spacial score (nSPS) is 12.6. The summed E-state index contributed by atoms with van der Waals surface area (Å²) >= 11 is 0. The van der Waals surface area contributed by atoms with Crippen LogP contribution in [0.3, 0.4) is 0 Å². The van der Waals surface area contributed by atoms with Crippen LogP contribution in [0.2, 0.25) is 0 Å². The Labute approximate surface area is 134 Å². The molecule has 22 heavy (non-hydrogen) atoms. The zero-order valence-electron chi connectivity index (χ0n) is 14.3. The Balaban J connectivity index is 4.29. The van der Waals surface area contributed by atoms with Gasteiger partial charge in [0.1, 0.15) is 13.2 Å². The second-order valence-electron chi connectivity index (χ2n) is 5.49. The van der Waals surface area contributed by atoms with E-state index in [-0.39, 0.29) is 18.5 Å². The molecule has 132 valence electrons. The van der Waals surface area contributed by atoms with E-state index in [0.717, 1.165) is 31.2 Å². The molecule has 0 bridgehead atoms. The molecular formula is C14H30NO6S+. The van der Waals surface area contributed by atoms with Gasteiger partial charge in [-0.1, -0.05) is 13.8 Å². The predicted molar refractivity (Wildman–Crippen MR) is 83.4 cm³/mol. The molecule has 0 aromatic carbocycles. The SMILES string of the molecule is CC[N+](CC)(CCCOS(=O)(=O)OC)CCOC(=O)C(C)C. The van der Waals surface area contributed by atoms with Crippen molar-refractivity contribution in [2.75, 3.05) is 46.5 Å². The van der Waals surface area contributed by atoms with Crippen LogP contribution in [0.5, 0.6) is 0 Å². The Morgan fingerprint density at radius 3 is 2.14 bits per heavy atom. The monoisotopic (exact) mass is 340 g/mol. The number of quaternary nitrogens is 1. The standard InChI is InChI=1S/C14H30NO6S/c1-6-15(7-2,10-12-20-14(16)13(3)4)9-8-11-21-22(17,18)19-5/h13H,6-12H2,1-5H3/q+1. The lowest BCUT2D eigenvalue weighted by molar-refractivity contribution is -0.925. The summed E-state index contributed by atoms with van der Waals surface area (Å²) in [5.74, 6) is -0.322. The third-order valence-electron chi connectivity index (χ3n) is 3.83. The zero-order valence-corrected chi connectivity index (χ0v) is 15.1. The molecule has 8 heteroatoms. The lowest BCUT2D eigenvalue weighted by atomic mass is 10.2. The fourth-order valence-corrected chi connectivity index (χ4v) is 2.50. The highest BCUT2D eigenvalue weighted by Crippen LogP contribution is 2.09. The maximum Gasteiger partial charge on any atom is 0.399 e. The number of nitrogens with zero attached hydrogens (tertiary/aromatic N) is 1. The first-order valence-corrected chi connectivity index (χ1v) is 9.02. The van der Waals surface area contributed by atoms with Gasteiger partial charge in [-0.2, -0.15) is 8.42 Å². The Morgan fingerprint density at radius 2 is 1.68 bits per heavy atom. The number of rotatable bonds is 12. The molecule has 0 N–H and O–H groups in total. The number of carbonyl (C=O) groups is 1. The van der Waals surface area contributed by atoms with Crippen LogP contribution in [0.4, 0.5) is 0 Å². The Morgan fingerprint density at radius 1 is 1.09 bits per heavy atom. The van der Waals surface area contributed by atoms with Crippen LogP contribution in [0.15, 0.2) is 0 Å². The van der Waals surface area contributed by atoms with Crippen LogP contribution in [-0.4, -0.2) is 65.4 Å². The Bertz CT molecular complexity index is 417. The van der Waals surface area contributed by atoms with E-state index in [0.29, 0.717) is 19.6 Å². The second kappa shape index (κ2) is 10.1. The maximum absolute atomic E-state index is 11.5. The van der Waals surface area contributed by atoms with Gasteiger partial charge in [0.25, 0.3) is 0 Å². The molecule has 0 aliphatic carbocycles. The van der Waals surface area contributed by atoms with Gasteiger partial charge in [0.05, 0.1) is 39.3 Å². The lowest BCUT2D eigenvalue weighted by Gasteiger charge is -2.36. The fraction of sp³-hybridized carbons (Fsp3) is 0.929. The molecule has 0 radical (unpaired) electrons. The van der Waals surface area contributed by atoms with Crippen LogP contribution >= 0.6 is 0 Å². The highest BCUT2D eigenvalue weighted by molar-refractivity contribution is 7.81. The molecular weight excluding hydrogens is 310 g/mol. The van der Waals surface area contributed by atoms with Crippen molar-refractivity contribution in [3.05, 3.63) is 0 Å². The van der Waals surface area contributed by atoms with Gasteiger partial charge in [0, 0.05) is 6.42 Å². The van der Waals surface area contributed by atoms with Gasteiger partial charge in [-0.3, -0.25) is 8.98 Å². The van der Waals surface area contributed by atoms with Gasteiger partial charge < -0.3 is 9.22 Å². The van der Waals surface area contributed by atoms with Gasteiger partial charge >= 0.3 is 16.4 Å². The molecule has 0 aliphatic heterocycles. The van der Waals surface area contributed by atoms with Crippen molar-refractivity contribution in [3.8, 4) is 0 Å². The number of hydrogen-bond donors (Lipinski definition) is 0. The molecule has 0 saturated carbocycles. The maximum atomic E-state index is 11.5. The van der Waals surface area contributed by atoms with E-state index in [9.17, 15) is 13.2 Å². The molecule has 0 aromatic heterocycles. The molecule has 0 unspecified atom stereocenters. The van der Waals surface area contributed by atoms with E-state index >= 15 is 0 Å². The van der Waals surface area contributed by atoms with E-state index in [1.807, 2.05) is 0 Å². The second-order valence-corrected chi connectivity index (χ2v) is 6.88. The number of hydrogen-bond acceptors (Lipinski definition) is 6. The van der Waals surface area contributed by atoms with Crippen LogP contribution in [0.25, 0.3) is 0 Å². The van der Waals surface area contributed by atoms with Crippen molar-refractivity contribution in [1.82, 2.24) is 0 Å². The number of ether oxygens (including phenoxy) is 1. The summed E-state index contributed by atoms with van der Waals surface area (Å²) in [5, 5.41) is 0. The molecule has 0 aromatic rings. The van der Waals surface area contributed by atoms with Crippen LogP contribution < -0.4 is 0 Å². The fourth-order valence-electron chi connectivity index (χ4n) is 2.08. The minimum atomic E-state index is -3.86. The molecule has 0 fully saturated rings. The van der Waals surface area contributed by atoms with Crippen molar-refractivity contribution < 1.29 is 30.8 Å². The Hall–Kier alpha value is -0.700. The van der Waals surface area contributed by atoms with Crippen molar-refractivity contribution in [1.29, 1.82) is 0 Å². The lowest BCUT2D eigenvalue weighted by Crippen LogP contribution is -2.51. The highest BCUT2D eigenvalue weighted by atomic mass is 32.3. The number of carbonyl (C=O) groups excluding carboxylic acids is 1. The third-order valence-corrected chi connectivity index (χ3v) is 4.70. The van der Waals surface area contributed by atoms with Gasteiger partial charge in [0.2, 0.25) is 0 Å². The van der Waals surface area contributed by atoms with Crippen molar-refractivity contribution >= 4 is 16.4 Å². The number of esters is 1. The van der Waals surface area contributed by atoms with Gasteiger partial charge in [0.15, 0.2) is 0 Å². The summed E-state index contributed by atoms with van der Waals surface area (Å²) in [5.41, 5.74) is 0. The average Bonchev–Trinajstić information content (AvgIpc) is 2.49. The predicted octanol–water partition coefficient (Wildman–Crippen LogP) is 1.34. The first-order chi connectivity index (χ1) is 10.2. The first-order valence-electron chi connectivity index (χ1n) is 7.68. The smallest absolute Gasteiger partial charge is 0.399 e. The quantitative estimate of drug-likeness (QED) is 0.303. The first kappa shape index (κ1) is 21.3. The van der Waals surface area contributed by atoms with Crippen molar-refractivity contribution in [2.24, 2.45) is 5.92 Å². The average molecular weight is 340 g/mol. The molecule has 0 saturated heterocycles. The van der Waals surface area contributed by atoms with Crippen LogP contribution in [0, 0.1) is 5.92 Å². The van der Waals surface area contributed by atoms with Crippen molar-refractivity contribution in [3.63, 3.8) is 0 Å². The van der Waals surface area contributed by atoms with E-state index in [2.05, 4.69) is 18.0 Å². The van der Waals surface area contributed by atoms with Crippen molar-refractivity contribution in [2.45, 2.75) is 34.1 Å². The summed E-state index contributed by atoms with van der Waals surface area (Å²) in [6.45, 7) is 11.4.